The Morgan fingerprint density at radius 3 is 2.50 bits per heavy atom. The van der Waals surface area contributed by atoms with E-state index in [2.05, 4.69) is 5.32 Å². The van der Waals surface area contributed by atoms with Gasteiger partial charge in [-0.1, -0.05) is 12.8 Å². The summed E-state index contributed by atoms with van der Waals surface area (Å²) in [6.07, 6.45) is 4.26. The van der Waals surface area contributed by atoms with Gasteiger partial charge in [0.25, 0.3) is 5.91 Å². The summed E-state index contributed by atoms with van der Waals surface area (Å²) in [5.41, 5.74) is 0.514. The van der Waals surface area contributed by atoms with Gasteiger partial charge in [0, 0.05) is 17.5 Å². The van der Waals surface area contributed by atoms with Crippen LogP contribution in [-0.4, -0.2) is 30.8 Å². The van der Waals surface area contributed by atoms with Crippen LogP contribution in [0.5, 0.6) is 5.75 Å². The van der Waals surface area contributed by atoms with Crippen LogP contribution in [0.4, 0.5) is 0 Å². The van der Waals surface area contributed by atoms with Crippen molar-refractivity contribution in [2.75, 3.05) is 19.8 Å². The van der Waals surface area contributed by atoms with Crippen molar-refractivity contribution in [3.05, 3.63) is 29.8 Å². The smallest absolute Gasteiger partial charge is 0.251 e. The third-order valence-electron chi connectivity index (χ3n) is 4.05. The van der Waals surface area contributed by atoms with Crippen molar-refractivity contribution in [1.82, 2.24) is 5.32 Å². The molecular formula is C16H23NO3. The van der Waals surface area contributed by atoms with E-state index in [0.29, 0.717) is 18.7 Å². The molecule has 0 atom stereocenters. The largest absolute Gasteiger partial charge is 0.494 e. The van der Waals surface area contributed by atoms with Crippen LogP contribution in [0.2, 0.25) is 0 Å². The molecule has 1 fully saturated rings. The number of carbonyl (C=O) groups excluding carboxylic acids is 1. The number of nitrogens with one attached hydrogen (secondary N) is 1. The minimum absolute atomic E-state index is 0.0900. The van der Waals surface area contributed by atoms with Crippen molar-refractivity contribution in [2.45, 2.75) is 32.6 Å². The first-order valence-corrected chi connectivity index (χ1v) is 7.31. The highest BCUT2D eigenvalue weighted by Gasteiger charge is 2.33. The molecule has 4 nitrogen and oxygen atoms in total. The molecule has 0 radical (unpaired) electrons. The van der Waals surface area contributed by atoms with Crippen LogP contribution in [-0.2, 0) is 0 Å². The lowest BCUT2D eigenvalue weighted by atomic mass is 9.87. The quantitative estimate of drug-likeness (QED) is 0.839. The topological polar surface area (TPSA) is 58.6 Å². The van der Waals surface area contributed by atoms with Crippen LogP contribution < -0.4 is 10.1 Å². The van der Waals surface area contributed by atoms with Gasteiger partial charge in [0.05, 0.1) is 13.2 Å². The van der Waals surface area contributed by atoms with Crippen molar-refractivity contribution in [1.29, 1.82) is 0 Å². The molecule has 20 heavy (non-hydrogen) atoms. The van der Waals surface area contributed by atoms with E-state index in [9.17, 15) is 9.90 Å². The van der Waals surface area contributed by atoms with Crippen LogP contribution in [0.3, 0.4) is 0 Å². The third-order valence-corrected chi connectivity index (χ3v) is 4.05. The highest BCUT2D eigenvalue weighted by atomic mass is 16.5. The SMILES string of the molecule is CCOc1ccc(C(=O)NCC2(CO)CCCC2)cc1. The molecule has 1 aromatic carbocycles. The van der Waals surface area contributed by atoms with Gasteiger partial charge in [-0.25, -0.2) is 0 Å². The van der Waals surface area contributed by atoms with Gasteiger partial charge in [-0.05, 0) is 44.0 Å². The Bertz CT molecular complexity index is 436. The molecule has 0 heterocycles. The zero-order valence-electron chi connectivity index (χ0n) is 12.0. The second kappa shape index (κ2) is 6.75. The van der Waals surface area contributed by atoms with E-state index in [4.69, 9.17) is 4.74 Å². The molecule has 2 N–H and O–H groups in total. The Labute approximate surface area is 120 Å². The van der Waals surface area contributed by atoms with Crippen molar-refractivity contribution < 1.29 is 14.6 Å². The predicted molar refractivity (Wildman–Crippen MR) is 77.9 cm³/mol. The van der Waals surface area contributed by atoms with Crippen LogP contribution >= 0.6 is 0 Å². The Kier molecular flexibility index (Phi) is 5.01. The Morgan fingerprint density at radius 1 is 1.30 bits per heavy atom. The van der Waals surface area contributed by atoms with Gasteiger partial charge in [-0.2, -0.15) is 0 Å². The molecule has 1 saturated carbocycles. The maximum absolute atomic E-state index is 12.1. The fourth-order valence-corrected chi connectivity index (χ4v) is 2.75. The Hall–Kier alpha value is -1.55. The number of carbonyl (C=O) groups is 1. The van der Waals surface area contributed by atoms with Gasteiger partial charge in [-0.15, -0.1) is 0 Å². The van der Waals surface area contributed by atoms with Crippen molar-refractivity contribution in [3.63, 3.8) is 0 Å². The van der Waals surface area contributed by atoms with Gasteiger partial charge in [0.2, 0.25) is 0 Å². The van der Waals surface area contributed by atoms with Gasteiger partial charge in [0.15, 0.2) is 0 Å². The molecule has 2 rings (SSSR count). The Balaban J connectivity index is 1.91. The van der Waals surface area contributed by atoms with Gasteiger partial charge in [-0.3, -0.25) is 4.79 Å². The summed E-state index contributed by atoms with van der Waals surface area (Å²) in [6, 6.07) is 7.13. The molecular weight excluding hydrogens is 254 g/mol. The van der Waals surface area contributed by atoms with Crippen molar-refractivity contribution in [2.24, 2.45) is 5.41 Å². The normalized spacial score (nSPS) is 16.9. The molecule has 0 aromatic heterocycles. The minimum atomic E-state index is -0.110. The zero-order chi connectivity index (χ0) is 14.4. The lowest BCUT2D eigenvalue weighted by molar-refractivity contribution is 0.0880. The van der Waals surface area contributed by atoms with Gasteiger partial charge >= 0.3 is 0 Å². The number of rotatable bonds is 6. The lowest BCUT2D eigenvalue weighted by Gasteiger charge is -2.26. The molecule has 0 spiro atoms. The Morgan fingerprint density at radius 2 is 1.95 bits per heavy atom. The average Bonchev–Trinajstić information content (AvgIpc) is 2.95. The van der Waals surface area contributed by atoms with Crippen LogP contribution in [0.25, 0.3) is 0 Å². The number of hydrogen-bond donors (Lipinski definition) is 2. The van der Waals surface area contributed by atoms with E-state index >= 15 is 0 Å². The van der Waals surface area contributed by atoms with Gasteiger partial charge in [0.1, 0.15) is 5.75 Å². The summed E-state index contributed by atoms with van der Waals surface area (Å²) in [5.74, 6) is 0.680. The highest BCUT2D eigenvalue weighted by Crippen LogP contribution is 2.36. The average molecular weight is 277 g/mol. The molecule has 0 bridgehead atoms. The standard InChI is InChI=1S/C16H23NO3/c1-2-20-14-7-5-13(6-8-14)15(19)17-11-16(12-18)9-3-4-10-16/h5-8,18H,2-4,9-12H2,1H3,(H,17,19). The van der Waals surface area contributed by atoms with E-state index in [1.807, 2.05) is 6.92 Å². The van der Waals surface area contributed by atoms with E-state index < -0.39 is 0 Å². The van der Waals surface area contributed by atoms with Crippen molar-refractivity contribution >= 4 is 5.91 Å². The summed E-state index contributed by atoms with van der Waals surface area (Å²) < 4.78 is 5.35. The number of aliphatic hydroxyl groups excluding tert-OH is 1. The molecule has 110 valence electrons. The lowest BCUT2D eigenvalue weighted by Crippen LogP contribution is -2.38. The molecule has 1 aromatic rings. The second-order valence-corrected chi connectivity index (χ2v) is 5.51. The first-order chi connectivity index (χ1) is 9.69. The predicted octanol–water partition coefficient (Wildman–Crippen LogP) is 2.37. The molecule has 1 aliphatic carbocycles. The first kappa shape index (κ1) is 14.9. The van der Waals surface area contributed by atoms with Crippen LogP contribution in [0.15, 0.2) is 24.3 Å². The monoisotopic (exact) mass is 277 g/mol. The van der Waals surface area contributed by atoms with E-state index in [1.54, 1.807) is 24.3 Å². The van der Waals surface area contributed by atoms with E-state index in [-0.39, 0.29) is 17.9 Å². The minimum Gasteiger partial charge on any atom is -0.494 e. The number of aliphatic hydroxyl groups is 1. The highest BCUT2D eigenvalue weighted by molar-refractivity contribution is 5.94. The number of hydrogen-bond acceptors (Lipinski definition) is 3. The van der Waals surface area contributed by atoms with Crippen LogP contribution in [0, 0.1) is 5.41 Å². The zero-order valence-corrected chi connectivity index (χ0v) is 12.0. The number of amides is 1. The van der Waals surface area contributed by atoms with E-state index in [1.165, 1.54) is 0 Å². The summed E-state index contributed by atoms with van der Waals surface area (Å²) in [5, 5.41) is 12.5. The second-order valence-electron chi connectivity index (χ2n) is 5.51. The van der Waals surface area contributed by atoms with E-state index in [0.717, 1.165) is 31.4 Å². The third kappa shape index (κ3) is 3.51. The van der Waals surface area contributed by atoms with Crippen LogP contribution in [0.1, 0.15) is 43.0 Å². The molecule has 1 aliphatic rings. The van der Waals surface area contributed by atoms with Crippen molar-refractivity contribution in [3.8, 4) is 5.75 Å². The van der Waals surface area contributed by atoms with Gasteiger partial charge < -0.3 is 15.2 Å². The molecule has 0 aliphatic heterocycles. The summed E-state index contributed by atoms with van der Waals surface area (Å²) >= 11 is 0. The molecule has 1 amide bonds. The molecule has 0 unspecified atom stereocenters. The molecule has 0 saturated heterocycles. The summed E-state index contributed by atoms with van der Waals surface area (Å²) in [7, 11) is 0. The fraction of sp³-hybridized carbons (Fsp3) is 0.562. The fourth-order valence-electron chi connectivity index (χ4n) is 2.75. The number of ether oxygens (including phenoxy) is 1. The molecule has 4 heteroatoms. The maximum atomic E-state index is 12.1. The number of benzene rings is 1. The summed E-state index contributed by atoms with van der Waals surface area (Å²) in [6.45, 7) is 3.24. The summed E-state index contributed by atoms with van der Waals surface area (Å²) in [4.78, 5) is 12.1. The maximum Gasteiger partial charge on any atom is 0.251 e. The first-order valence-electron chi connectivity index (χ1n) is 7.31.